The number of phenolic OH excluding ortho intramolecular Hbond substituents is 2. The molecule has 0 bridgehead atoms. The molecule has 0 unspecified atom stereocenters. The molecule has 8 nitrogen and oxygen atoms in total. The van der Waals surface area contributed by atoms with Crippen LogP contribution in [-0.2, 0) is 0 Å². The van der Waals surface area contributed by atoms with E-state index in [2.05, 4.69) is 15.5 Å². The highest BCUT2D eigenvalue weighted by atomic mass is 32.1. The molecule has 0 aliphatic rings. The summed E-state index contributed by atoms with van der Waals surface area (Å²) in [6.07, 6.45) is 1.22. The van der Waals surface area contributed by atoms with E-state index in [1.807, 2.05) is 24.3 Å². The minimum absolute atomic E-state index is 0.100. The first-order chi connectivity index (χ1) is 11.0. The maximum absolute atomic E-state index is 10.8. The van der Waals surface area contributed by atoms with Gasteiger partial charge in [-0.15, -0.1) is 0 Å². The van der Waals surface area contributed by atoms with Gasteiger partial charge < -0.3 is 10.2 Å². The van der Waals surface area contributed by atoms with E-state index in [1.165, 1.54) is 17.6 Å². The highest BCUT2D eigenvalue weighted by molar-refractivity contribution is 7.22. The van der Waals surface area contributed by atoms with Crippen molar-refractivity contribution in [3.05, 3.63) is 52.1 Å². The Kier molecular flexibility index (Phi) is 3.77. The van der Waals surface area contributed by atoms with Gasteiger partial charge in [0.05, 0.1) is 21.4 Å². The van der Waals surface area contributed by atoms with Crippen molar-refractivity contribution in [2.75, 3.05) is 5.43 Å². The molecule has 0 saturated carbocycles. The van der Waals surface area contributed by atoms with Crippen molar-refractivity contribution in [2.24, 2.45) is 5.10 Å². The van der Waals surface area contributed by atoms with Crippen molar-refractivity contribution in [3.63, 3.8) is 0 Å². The van der Waals surface area contributed by atoms with E-state index in [4.69, 9.17) is 0 Å². The number of hydrogen-bond acceptors (Lipinski definition) is 8. The highest BCUT2D eigenvalue weighted by Crippen LogP contribution is 2.32. The van der Waals surface area contributed by atoms with Crippen LogP contribution in [0.1, 0.15) is 5.56 Å². The zero-order valence-corrected chi connectivity index (χ0v) is 12.3. The average molecular weight is 330 g/mol. The third kappa shape index (κ3) is 3.04. The number of fused-ring (bicyclic) bond motifs is 1. The van der Waals surface area contributed by atoms with Crippen molar-refractivity contribution >= 4 is 38.6 Å². The van der Waals surface area contributed by atoms with Gasteiger partial charge in [0.1, 0.15) is 5.75 Å². The molecule has 0 fully saturated rings. The van der Waals surface area contributed by atoms with E-state index in [9.17, 15) is 20.3 Å². The number of phenols is 2. The Morgan fingerprint density at radius 1 is 1.26 bits per heavy atom. The summed E-state index contributed by atoms with van der Waals surface area (Å²) in [7, 11) is 0. The number of benzene rings is 2. The van der Waals surface area contributed by atoms with Crippen molar-refractivity contribution in [2.45, 2.75) is 0 Å². The van der Waals surface area contributed by atoms with Crippen LogP contribution in [0.4, 0.5) is 10.8 Å². The van der Waals surface area contributed by atoms with Gasteiger partial charge in [-0.3, -0.25) is 15.5 Å². The third-order valence-corrected chi connectivity index (χ3v) is 3.92. The monoisotopic (exact) mass is 330 g/mol. The molecule has 3 aromatic rings. The van der Waals surface area contributed by atoms with Crippen LogP contribution in [0.25, 0.3) is 10.2 Å². The fourth-order valence-electron chi connectivity index (χ4n) is 1.91. The maximum Gasteiger partial charge on any atom is 0.311 e. The summed E-state index contributed by atoms with van der Waals surface area (Å²) in [4.78, 5) is 14.3. The molecule has 3 rings (SSSR count). The Hall–Kier alpha value is -3.20. The lowest BCUT2D eigenvalue weighted by Gasteiger charge is -2.01. The molecule has 0 amide bonds. The number of thiazole rings is 1. The fraction of sp³-hybridized carbons (Fsp3) is 0. The summed E-state index contributed by atoms with van der Waals surface area (Å²) in [5, 5.41) is 34.3. The summed E-state index contributed by atoms with van der Waals surface area (Å²) < 4.78 is 0.994. The van der Waals surface area contributed by atoms with Crippen molar-refractivity contribution in [1.82, 2.24) is 4.98 Å². The van der Waals surface area contributed by atoms with Gasteiger partial charge in [0.15, 0.2) is 5.75 Å². The standard InChI is InChI=1S/C14H10N4O4S/c19-11-6-12(20)10(18(21)22)5-8(11)7-15-17-14-16-9-3-1-2-4-13(9)23-14/h1-7,19-20H,(H,16,17). The molecule has 0 saturated heterocycles. The lowest BCUT2D eigenvalue weighted by Crippen LogP contribution is -1.94. The number of nitrogens with zero attached hydrogens (tertiary/aromatic N) is 3. The number of hydrazone groups is 1. The first kappa shape index (κ1) is 14.7. The number of aromatic nitrogens is 1. The highest BCUT2D eigenvalue weighted by Gasteiger charge is 2.16. The van der Waals surface area contributed by atoms with E-state index in [0.717, 1.165) is 22.3 Å². The van der Waals surface area contributed by atoms with Crippen LogP contribution < -0.4 is 5.43 Å². The number of nitro groups is 1. The predicted molar refractivity (Wildman–Crippen MR) is 87.3 cm³/mol. The Bertz CT molecular complexity index is 889. The molecule has 1 aromatic heterocycles. The van der Waals surface area contributed by atoms with Crippen LogP contribution in [0.15, 0.2) is 41.5 Å². The zero-order valence-electron chi connectivity index (χ0n) is 11.5. The van der Waals surface area contributed by atoms with Crippen molar-refractivity contribution < 1.29 is 15.1 Å². The van der Waals surface area contributed by atoms with Crippen LogP contribution in [0.3, 0.4) is 0 Å². The molecule has 116 valence electrons. The maximum atomic E-state index is 10.8. The van der Waals surface area contributed by atoms with Gasteiger partial charge in [0.2, 0.25) is 5.13 Å². The van der Waals surface area contributed by atoms with E-state index in [-0.39, 0.29) is 11.3 Å². The molecule has 23 heavy (non-hydrogen) atoms. The van der Waals surface area contributed by atoms with Crippen LogP contribution in [0, 0.1) is 10.1 Å². The summed E-state index contributed by atoms with van der Waals surface area (Å²) in [5.41, 5.74) is 3.13. The molecule has 0 spiro atoms. The first-order valence-electron chi connectivity index (χ1n) is 6.39. The second kappa shape index (κ2) is 5.89. The van der Waals surface area contributed by atoms with E-state index in [1.54, 1.807) is 0 Å². The molecule has 0 atom stereocenters. The van der Waals surface area contributed by atoms with Crippen LogP contribution >= 0.6 is 11.3 Å². The number of rotatable bonds is 4. The molecule has 0 radical (unpaired) electrons. The summed E-state index contributed by atoms with van der Waals surface area (Å²) in [6, 6.07) is 9.52. The number of aromatic hydroxyl groups is 2. The first-order valence-corrected chi connectivity index (χ1v) is 7.21. The quantitative estimate of drug-likeness (QED) is 0.384. The molecule has 0 aliphatic heterocycles. The SMILES string of the molecule is O=[N+]([O-])c1cc(C=NNc2nc3ccccc3s2)c(O)cc1O. The molecule has 1 heterocycles. The van der Waals surface area contributed by atoms with Gasteiger partial charge in [-0.25, -0.2) is 4.98 Å². The molecule has 2 aromatic carbocycles. The van der Waals surface area contributed by atoms with Gasteiger partial charge in [0.25, 0.3) is 0 Å². The smallest absolute Gasteiger partial charge is 0.311 e. The molecular formula is C14H10N4O4S. The number of anilines is 1. The summed E-state index contributed by atoms with van der Waals surface area (Å²) in [5.74, 6) is -0.924. The van der Waals surface area contributed by atoms with Gasteiger partial charge in [-0.1, -0.05) is 23.5 Å². The largest absolute Gasteiger partial charge is 0.507 e. The Morgan fingerprint density at radius 3 is 2.78 bits per heavy atom. The van der Waals surface area contributed by atoms with E-state index in [0.29, 0.717) is 5.13 Å². The lowest BCUT2D eigenvalue weighted by molar-refractivity contribution is -0.385. The van der Waals surface area contributed by atoms with E-state index >= 15 is 0 Å². The number of hydrogen-bond donors (Lipinski definition) is 3. The summed E-state index contributed by atoms with van der Waals surface area (Å²) >= 11 is 1.40. The lowest BCUT2D eigenvalue weighted by atomic mass is 10.2. The fourth-order valence-corrected chi connectivity index (χ4v) is 2.72. The Morgan fingerprint density at radius 2 is 2.04 bits per heavy atom. The second-order valence-corrected chi connectivity index (χ2v) is 5.54. The number of para-hydroxylation sites is 1. The predicted octanol–water partition coefficient (Wildman–Crippen LogP) is 3.06. The van der Waals surface area contributed by atoms with Gasteiger partial charge in [-0.05, 0) is 12.1 Å². The van der Waals surface area contributed by atoms with Crippen LogP contribution in [0.2, 0.25) is 0 Å². The van der Waals surface area contributed by atoms with Gasteiger partial charge in [0, 0.05) is 17.7 Å². The van der Waals surface area contributed by atoms with E-state index < -0.39 is 16.4 Å². The van der Waals surface area contributed by atoms with Gasteiger partial charge in [-0.2, -0.15) is 5.10 Å². The molecular weight excluding hydrogens is 320 g/mol. The third-order valence-electron chi connectivity index (χ3n) is 2.98. The minimum atomic E-state index is -0.743. The average Bonchev–Trinajstić information content (AvgIpc) is 2.91. The Labute approximate surface area is 133 Å². The van der Waals surface area contributed by atoms with Crippen molar-refractivity contribution in [3.8, 4) is 11.5 Å². The van der Waals surface area contributed by atoms with Crippen LogP contribution in [0.5, 0.6) is 11.5 Å². The number of nitro benzene ring substituents is 1. The van der Waals surface area contributed by atoms with Crippen molar-refractivity contribution in [1.29, 1.82) is 0 Å². The zero-order chi connectivity index (χ0) is 16.4. The minimum Gasteiger partial charge on any atom is -0.507 e. The topological polar surface area (TPSA) is 121 Å². The number of nitrogens with one attached hydrogen (secondary N) is 1. The summed E-state index contributed by atoms with van der Waals surface area (Å²) in [6.45, 7) is 0. The molecule has 0 aliphatic carbocycles. The normalized spacial score (nSPS) is 11.1. The van der Waals surface area contributed by atoms with Crippen LogP contribution in [-0.4, -0.2) is 26.3 Å². The second-order valence-electron chi connectivity index (χ2n) is 4.51. The molecule has 3 N–H and O–H groups in total. The Balaban J connectivity index is 1.82. The van der Waals surface area contributed by atoms with Gasteiger partial charge >= 0.3 is 5.69 Å². The molecule has 9 heteroatoms.